The average molecular weight is 439 g/mol. The molecule has 1 aliphatic carbocycles. The molecule has 0 bridgehead atoms. The third-order valence-corrected chi connectivity index (χ3v) is 4.80. The fraction of sp³-hybridized carbons (Fsp3) is 0.350. The molecule has 3 heterocycles. The lowest BCUT2D eigenvalue weighted by atomic mass is 9.79. The van der Waals surface area contributed by atoms with Gasteiger partial charge in [0.2, 0.25) is 5.88 Å². The van der Waals surface area contributed by atoms with Crippen molar-refractivity contribution >= 4 is 0 Å². The molecule has 0 unspecified atom stereocenters. The summed E-state index contributed by atoms with van der Waals surface area (Å²) < 4.78 is 72.8. The van der Waals surface area contributed by atoms with E-state index in [-0.39, 0.29) is 30.4 Å². The van der Waals surface area contributed by atoms with Gasteiger partial charge in [0.1, 0.15) is 11.9 Å². The van der Waals surface area contributed by atoms with Crippen LogP contribution >= 0.6 is 0 Å². The number of pyridine rings is 2. The van der Waals surface area contributed by atoms with E-state index in [1.807, 2.05) is 0 Å². The molecule has 0 N–H and O–H groups in total. The van der Waals surface area contributed by atoms with Crippen LogP contribution in [0.15, 0.2) is 41.2 Å². The van der Waals surface area contributed by atoms with E-state index in [0.29, 0.717) is 42.3 Å². The van der Waals surface area contributed by atoms with Crippen molar-refractivity contribution in [1.29, 1.82) is 0 Å². The highest BCUT2D eigenvalue weighted by atomic mass is 19.4. The van der Waals surface area contributed by atoms with Crippen LogP contribution in [-0.4, -0.2) is 35.1 Å². The zero-order chi connectivity index (χ0) is 22.0. The van der Waals surface area contributed by atoms with Gasteiger partial charge in [0.15, 0.2) is 12.6 Å². The van der Waals surface area contributed by atoms with Crippen LogP contribution in [0.2, 0.25) is 0 Å². The number of halogens is 4. The maximum atomic E-state index is 14.0. The van der Waals surface area contributed by atoms with Gasteiger partial charge < -0.3 is 18.7 Å². The largest absolute Gasteiger partial charge is 0.474 e. The van der Waals surface area contributed by atoms with E-state index in [0.717, 1.165) is 0 Å². The van der Waals surface area contributed by atoms with Crippen molar-refractivity contribution in [3.63, 3.8) is 0 Å². The molecular formula is C20H17F4N3O4. The topological polar surface area (TPSA) is 79.5 Å². The van der Waals surface area contributed by atoms with E-state index in [1.165, 1.54) is 7.11 Å². The molecule has 0 aliphatic heterocycles. The normalized spacial score (nSPS) is 18.5. The van der Waals surface area contributed by atoms with Gasteiger partial charge in [-0.15, -0.1) is 0 Å². The summed E-state index contributed by atoms with van der Waals surface area (Å²) in [5.41, 5.74) is -0.420. The number of hydrogen-bond donors (Lipinski definition) is 0. The van der Waals surface area contributed by atoms with Gasteiger partial charge >= 0.3 is 6.18 Å². The molecule has 0 radical (unpaired) electrons. The Balaban J connectivity index is 1.32. The Morgan fingerprint density at radius 2 is 1.90 bits per heavy atom. The summed E-state index contributed by atoms with van der Waals surface area (Å²) in [4.78, 5) is 7.89. The highest BCUT2D eigenvalue weighted by Crippen LogP contribution is 2.40. The van der Waals surface area contributed by atoms with E-state index in [1.54, 1.807) is 24.4 Å². The van der Waals surface area contributed by atoms with E-state index >= 15 is 0 Å². The third-order valence-electron chi connectivity index (χ3n) is 4.80. The minimum absolute atomic E-state index is 0.0213. The van der Waals surface area contributed by atoms with Gasteiger partial charge in [-0.3, -0.25) is 4.98 Å². The molecule has 3 aromatic heterocycles. The minimum atomic E-state index is -4.63. The molecule has 0 spiro atoms. The molecule has 1 aliphatic rings. The van der Waals surface area contributed by atoms with Crippen LogP contribution in [0.4, 0.5) is 17.6 Å². The van der Waals surface area contributed by atoms with Gasteiger partial charge in [-0.1, -0.05) is 0 Å². The Kier molecular flexibility index (Phi) is 5.77. The molecule has 164 valence electrons. The van der Waals surface area contributed by atoms with Gasteiger partial charge in [-0.2, -0.15) is 13.2 Å². The summed E-state index contributed by atoms with van der Waals surface area (Å²) in [7, 11) is 1.49. The van der Waals surface area contributed by atoms with E-state index in [9.17, 15) is 17.6 Å². The SMILES string of the molecule is COCOc1cc(-c2ccc(O[C@H]3C[C@@H](c4ncc(C(F)(F)F)cc4F)C3)nc2)on1. The molecule has 1 saturated carbocycles. The fourth-order valence-electron chi connectivity index (χ4n) is 3.14. The first-order chi connectivity index (χ1) is 14.8. The van der Waals surface area contributed by atoms with Crippen molar-refractivity contribution in [3.05, 3.63) is 53.7 Å². The maximum absolute atomic E-state index is 14.0. The first kappa shape index (κ1) is 21.0. The highest BCUT2D eigenvalue weighted by molar-refractivity contribution is 5.57. The minimum Gasteiger partial charge on any atom is -0.474 e. The van der Waals surface area contributed by atoms with Crippen LogP contribution in [0.3, 0.4) is 0 Å². The van der Waals surface area contributed by atoms with Gasteiger partial charge in [0.05, 0.1) is 11.3 Å². The molecule has 3 aromatic rings. The van der Waals surface area contributed by atoms with Crippen molar-refractivity contribution < 1.29 is 36.3 Å². The molecule has 0 amide bonds. The van der Waals surface area contributed by atoms with Crippen molar-refractivity contribution in [2.24, 2.45) is 0 Å². The standard InChI is InChI=1S/C20H17F4N3O4/c1-28-10-29-18-7-16(31-27-18)11-2-3-17(25-8-11)30-14-4-12(5-14)19-15(21)6-13(9-26-19)20(22,23)24/h2-3,6-9,12,14H,4-5,10H2,1H3/t12-,14+. The molecule has 0 atom stereocenters. The second-order valence-corrected chi connectivity index (χ2v) is 6.96. The van der Waals surface area contributed by atoms with E-state index < -0.39 is 17.6 Å². The summed E-state index contributed by atoms with van der Waals surface area (Å²) in [5.74, 6) is -0.157. The predicted octanol–water partition coefficient (Wildman–Crippen LogP) is 4.60. The van der Waals surface area contributed by atoms with Crippen LogP contribution in [0.1, 0.15) is 30.0 Å². The Hall–Kier alpha value is -3.21. The fourth-order valence-corrected chi connectivity index (χ4v) is 3.14. The number of alkyl halides is 3. The molecule has 11 heteroatoms. The lowest BCUT2D eigenvalue weighted by Crippen LogP contribution is -2.33. The molecule has 7 nitrogen and oxygen atoms in total. The quantitative estimate of drug-likeness (QED) is 0.393. The maximum Gasteiger partial charge on any atom is 0.417 e. The van der Waals surface area contributed by atoms with Crippen molar-refractivity contribution in [2.75, 3.05) is 13.9 Å². The number of hydrogen-bond acceptors (Lipinski definition) is 7. The van der Waals surface area contributed by atoms with Gasteiger partial charge in [0, 0.05) is 43.1 Å². The van der Waals surface area contributed by atoms with Crippen LogP contribution < -0.4 is 9.47 Å². The number of rotatable bonds is 7. The number of methoxy groups -OCH3 is 1. The van der Waals surface area contributed by atoms with Crippen LogP contribution in [0, 0.1) is 5.82 Å². The molecule has 0 saturated heterocycles. The number of ether oxygens (including phenoxy) is 3. The zero-order valence-corrected chi connectivity index (χ0v) is 16.2. The Morgan fingerprint density at radius 1 is 1.10 bits per heavy atom. The van der Waals surface area contributed by atoms with E-state index in [2.05, 4.69) is 15.1 Å². The lowest BCUT2D eigenvalue weighted by molar-refractivity contribution is -0.138. The Labute approximate surface area is 174 Å². The van der Waals surface area contributed by atoms with Crippen molar-refractivity contribution in [3.8, 4) is 23.1 Å². The molecule has 31 heavy (non-hydrogen) atoms. The Morgan fingerprint density at radius 3 is 2.55 bits per heavy atom. The first-order valence-corrected chi connectivity index (χ1v) is 9.27. The van der Waals surface area contributed by atoms with Crippen LogP contribution in [0.25, 0.3) is 11.3 Å². The second kappa shape index (κ2) is 8.50. The molecule has 0 aromatic carbocycles. The van der Waals surface area contributed by atoms with Crippen LogP contribution in [-0.2, 0) is 10.9 Å². The van der Waals surface area contributed by atoms with Crippen LogP contribution in [0.5, 0.6) is 11.8 Å². The second-order valence-electron chi connectivity index (χ2n) is 6.96. The smallest absolute Gasteiger partial charge is 0.417 e. The molecular weight excluding hydrogens is 422 g/mol. The summed E-state index contributed by atoms with van der Waals surface area (Å²) >= 11 is 0. The molecule has 4 rings (SSSR count). The van der Waals surface area contributed by atoms with Gasteiger partial charge in [0.25, 0.3) is 5.88 Å². The number of aromatic nitrogens is 3. The monoisotopic (exact) mass is 439 g/mol. The van der Waals surface area contributed by atoms with Crippen molar-refractivity contribution in [2.45, 2.75) is 31.0 Å². The Bertz CT molecular complexity index is 1030. The summed E-state index contributed by atoms with van der Waals surface area (Å²) in [6.45, 7) is 0.0469. The molecule has 1 fully saturated rings. The zero-order valence-electron chi connectivity index (χ0n) is 16.2. The first-order valence-electron chi connectivity index (χ1n) is 9.27. The summed E-state index contributed by atoms with van der Waals surface area (Å²) in [5, 5.41) is 3.75. The summed E-state index contributed by atoms with van der Waals surface area (Å²) in [6.07, 6.45) is -1.79. The van der Waals surface area contributed by atoms with Gasteiger partial charge in [-0.25, -0.2) is 9.37 Å². The van der Waals surface area contributed by atoms with Crippen molar-refractivity contribution in [1.82, 2.24) is 15.1 Å². The third kappa shape index (κ3) is 4.76. The highest BCUT2D eigenvalue weighted by Gasteiger charge is 2.37. The average Bonchev–Trinajstić information content (AvgIpc) is 3.18. The summed E-state index contributed by atoms with van der Waals surface area (Å²) in [6, 6.07) is 5.46. The predicted molar refractivity (Wildman–Crippen MR) is 97.8 cm³/mol. The lowest BCUT2D eigenvalue weighted by Gasteiger charge is -2.34. The number of nitrogens with zero attached hydrogens (tertiary/aromatic N) is 3. The van der Waals surface area contributed by atoms with Gasteiger partial charge in [-0.05, 0) is 30.1 Å². The van der Waals surface area contributed by atoms with E-state index in [4.69, 9.17) is 18.7 Å².